The van der Waals surface area contributed by atoms with Gasteiger partial charge in [0.2, 0.25) is 9.84 Å². The number of hydrogen-bond acceptors (Lipinski definition) is 8. The van der Waals surface area contributed by atoms with Crippen LogP contribution >= 0.6 is 11.3 Å². The van der Waals surface area contributed by atoms with Crippen molar-refractivity contribution >= 4 is 37.9 Å². The first-order chi connectivity index (χ1) is 14.1. The molecular formula is C19H17N3O6S2. The first-order valence-electron chi connectivity index (χ1n) is 8.61. The van der Waals surface area contributed by atoms with Gasteiger partial charge in [0.25, 0.3) is 11.6 Å². The smallest absolute Gasteiger partial charge is 0.269 e. The van der Waals surface area contributed by atoms with Gasteiger partial charge in [-0.25, -0.2) is 13.4 Å². The van der Waals surface area contributed by atoms with E-state index in [1.807, 2.05) is 19.9 Å². The Hall–Kier alpha value is -3.31. The highest BCUT2D eigenvalue weighted by atomic mass is 32.2. The van der Waals surface area contributed by atoms with Gasteiger partial charge in [0.05, 0.1) is 16.0 Å². The van der Waals surface area contributed by atoms with E-state index in [1.165, 1.54) is 0 Å². The highest BCUT2D eigenvalue weighted by Crippen LogP contribution is 2.29. The first kappa shape index (κ1) is 21.4. The third-order valence-corrected chi connectivity index (χ3v) is 7.06. The number of aryl methyl sites for hydroxylation is 2. The summed E-state index contributed by atoms with van der Waals surface area (Å²) in [6.07, 6.45) is 1.13. The summed E-state index contributed by atoms with van der Waals surface area (Å²) in [6, 6.07) is 10.1. The summed E-state index contributed by atoms with van der Waals surface area (Å²) in [5.41, 5.74) is 1.80. The van der Waals surface area contributed by atoms with Crippen LogP contribution in [0, 0.1) is 24.0 Å². The minimum absolute atomic E-state index is 0.0955. The summed E-state index contributed by atoms with van der Waals surface area (Å²) in [5.74, 6) is 0.0750. The molecule has 0 saturated heterocycles. The van der Waals surface area contributed by atoms with Crippen molar-refractivity contribution < 1.29 is 22.9 Å². The van der Waals surface area contributed by atoms with Crippen LogP contribution < -0.4 is 10.1 Å². The number of benzene rings is 2. The van der Waals surface area contributed by atoms with Gasteiger partial charge in [0.15, 0.2) is 11.7 Å². The van der Waals surface area contributed by atoms with E-state index >= 15 is 0 Å². The van der Waals surface area contributed by atoms with E-state index in [0.717, 1.165) is 52.9 Å². The number of thiazole rings is 1. The molecule has 0 aliphatic carbocycles. The maximum Gasteiger partial charge on any atom is 0.269 e. The molecule has 11 heteroatoms. The maximum absolute atomic E-state index is 12.7. The Bertz CT molecular complexity index is 1180. The molecule has 1 aromatic heterocycles. The minimum atomic E-state index is -3.91. The van der Waals surface area contributed by atoms with Crippen LogP contribution in [0.4, 0.5) is 10.8 Å². The number of rotatable bonds is 7. The van der Waals surface area contributed by atoms with Gasteiger partial charge in [0.1, 0.15) is 9.96 Å². The molecule has 1 amide bonds. The molecule has 156 valence electrons. The van der Waals surface area contributed by atoms with Crippen LogP contribution in [0.3, 0.4) is 0 Å². The zero-order valence-electron chi connectivity index (χ0n) is 16.0. The van der Waals surface area contributed by atoms with Crippen LogP contribution in [0.1, 0.15) is 11.1 Å². The van der Waals surface area contributed by atoms with Gasteiger partial charge in [-0.1, -0.05) is 17.4 Å². The van der Waals surface area contributed by atoms with E-state index in [2.05, 4.69) is 10.3 Å². The number of nitro groups is 1. The van der Waals surface area contributed by atoms with Gasteiger partial charge in [-0.05, 0) is 49.2 Å². The molecule has 0 unspecified atom stereocenters. The molecule has 0 bridgehead atoms. The van der Waals surface area contributed by atoms with Crippen molar-refractivity contribution in [3.63, 3.8) is 0 Å². The van der Waals surface area contributed by atoms with E-state index in [1.54, 1.807) is 12.1 Å². The molecular weight excluding hydrogens is 430 g/mol. The number of sulfone groups is 1. The van der Waals surface area contributed by atoms with Crippen molar-refractivity contribution in [2.75, 3.05) is 11.9 Å². The number of amides is 1. The van der Waals surface area contributed by atoms with E-state index in [4.69, 9.17) is 4.74 Å². The number of nitrogens with zero attached hydrogens (tertiary/aromatic N) is 2. The first-order valence-corrected chi connectivity index (χ1v) is 10.9. The van der Waals surface area contributed by atoms with Crippen molar-refractivity contribution in [1.82, 2.24) is 4.98 Å². The number of nitrogens with one attached hydrogen (secondary N) is 1. The predicted octanol–water partition coefficient (Wildman–Crippen LogP) is 3.52. The fourth-order valence-electron chi connectivity index (χ4n) is 2.62. The largest absolute Gasteiger partial charge is 0.484 e. The van der Waals surface area contributed by atoms with Crippen LogP contribution in [0.25, 0.3) is 0 Å². The Kier molecular flexibility index (Phi) is 6.13. The number of ether oxygens (including phenoxy) is 1. The van der Waals surface area contributed by atoms with Gasteiger partial charge in [-0.2, -0.15) is 0 Å². The maximum atomic E-state index is 12.7. The predicted molar refractivity (Wildman–Crippen MR) is 111 cm³/mol. The van der Waals surface area contributed by atoms with Gasteiger partial charge in [-0.3, -0.25) is 20.2 Å². The van der Waals surface area contributed by atoms with Crippen LogP contribution in [0.5, 0.6) is 5.75 Å². The molecule has 0 aliphatic rings. The fraction of sp³-hybridized carbons (Fsp3) is 0.158. The molecule has 9 nitrogen and oxygen atoms in total. The Labute approximate surface area is 176 Å². The summed E-state index contributed by atoms with van der Waals surface area (Å²) < 4.78 is 30.7. The van der Waals surface area contributed by atoms with Crippen LogP contribution in [0.15, 0.2) is 57.8 Å². The molecule has 0 atom stereocenters. The lowest BCUT2D eigenvalue weighted by Gasteiger charge is -2.07. The minimum Gasteiger partial charge on any atom is -0.484 e. The van der Waals surface area contributed by atoms with Crippen LogP contribution in [0.2, 0.25) is 0 Å². The van der Waals surface area contributed by atoms with Crippen molar-refractivity contribution in [2.24, 2.45) is 0 Å². The summed E-state index contributed by atoms with van der Waals surface area (Å²) in [4.78, 5) is 26.0. The Balaban J connectivity index is 1.66. The summed E-state index contributed by atoms with van der Waals surface area (Å²) in [7, 11) is -3.91. The second-order valence-electron chi connectivity index (χ2n) is 6.40. The van der Waals surface area contributed by atoms with Crippen LogP contribution in [-0.2, 0) is 14.6 Å². The molecule has 1 N–H and O–H groups in total. The SMILES string of the molecule is Cc1cc(C)cc(OCC(=O)Nc2ncc(S(=O)(=O)c3ccc([N+](=O)[O-])cc3)s2)c1. The lowest BCUT2D eigenvalue weighted by Crippen LogP contribution is -2.20. The molecule has 3 aromatic rings. The molecule has 0 aliphatic heterocycles. The van der Waals surface area contributed by atoms with E-state index < -0.39 is 20.7 Å². The highest BCUT2D eigenvalue weighted by Gasteiger charge is 2.22. The quantitative estimate of drug-likeness (QED) is 0.433. The number of aromatic nitrogens is 1. The summed E-state index contributed by atoms with van der Waals surface area (Å²) in [5, 5.41) is 13.3. The van der Waals surface area contributed by atoms with Crippen molar-refractivity contribution in [3.05, 3.63) is 69.9 Å². The second-order valence-corrected chi connectivity index (χ2v) is 9.61. The Morgan fingerprint density at radius 2 is 1.80 bits per heavy atom. The molecule has 0 radical (unpaired) electrons. The van der Waals surface area contributed by atoms with Crippen molar-refractivity contribution in [1.29, 1.82) is 0 Å². The van der Waals surface area contributed by atoms with E-state index in [0.29, 0.717) is 5.75 Å². The lowest BCUT2D eigenvalue weighted by atomic mass is 10.1. The zero-order valence-corrected chi connectivity index (χ0v) is 17.6. The van der Waals surface area contributed by atoms with Crippen molar-refractivity contribution in [3.8, 4) is 5.75 Å². The van der Waals surface area contributed by atoms with Gasteiger partial charge >= 0.3 is 0 Å². The molecule has 0 saturated carbocycles. The van der Waals surface area contributed by atoms with Crippen molar-refractivity contribution in [2.45, 2.75) is 23.0 Å². The molecule has 0 fully saturated rings. The number of non-ortho nitro benzene ring substituents is 1. The number of hydrogen-bond donors (Lipinski definition) is 1. The normalized spacial score (nSPS) is 11.1. The second kappa shape index (κ2) is 8.59. The number of nitro benzene ring substituents is 1. The monoisotopic (exact) mass is 447 g/mol. The van der Waals surface area contributed by atoms with E-state index in [9.17, 15) is 23.3 Å². The molecule has 2 aromatic carbocycles. The average Bonchev–Trinajstić information content (AvgIpc) is 3.15. The topological polar surface area (TPSA) is 128 Å². The zero-order chi connectivity index (χ0) is 21.9. The fourth-order valence-corrected chi connectivity index (χ4v) is 5.07. The van der Waals surface area contributed by atoms with E-state index in [-0.39, 0.29) is 26.5 Å². The summed E-state index contributed by atoms with van der Waals surface area (Å²) >= 11 is 0.780. The number of anilines is 1. The van der Waals surface area contributed by atoms with Gasteiger partial charge in [0, 0.05) is 12.1 Å². The van der Waals surface area contributed by atoms with Crippen LogP contribution in [-0.4, -0.2) is 30.8 Å². The number of carbonyl (C=O) groups excluding carboxylic acids is 1. The Morgan fingerprint density at radius 1 is 1.17 bits per heavy atom. The lowest BCUT2D eigenvalue weighted by molar-refractivity contribution is -0.384. The third-order valence-electron chi connectivity index (χ3n) is 3.92. The van der Waals surface area contributed by atoms with Gasteiger partial charge in [-0.15, -0.1) is 0 Å². The Morgan fingerprint density at radius 3 is 2.40 bits per heavy atom. The standard InChI is InChI=1S/C19H17N3O6S2/c1-12-7-13(2)9-15(8-12)28-11-17(23)21-19-20-10-18(29-19)30(26,27)16-5-3-14(4-6-16)22(24)25/h3-10H,11H2,1-2H3,(H,20,21,23). The third kappa shape index (κ3) is 4.99. The van der Waals surface area contributed by atoms with Gasteiger partial charge < -0.3 is 4.74 Å². The average molecular weight is 447 g/mol. The number of carbonyl (C=O) groups is 1. The molecule has 1 heterocycles. The summed E-state index contributed by atoms with van der Waals surface area (Å²) in [6.45, 7) is 3.58. The highest BCUT2D eigenvalue weighted by molar-refractivity contribution is 7.93. The molecule has 3 rings (SSSR count). The molecule has 0 spiro atoms. The molecule has 30 heavy (non-hydrogen) atoms.